The summed E-state index contributed by atoms with van der Waals surface area (Å²) >= 11 is 0. The zero-order valence-corrected chi connectivity index (χ0v) is 16.3. The predicted molar refractivity (Wildman–Crippen MR) is 104 cm³/mol. The fourth-order valence-corrected chi connectivity index (χ4v) is 4.37. The monoisotopic (exact) mass is 373 g/mol. The highest BCUT2D eigenvalue weighted by atomic mass is 16.3. The first-order valence-corrected chi connectivity index (χ1v) is 10.00. The van der Waals surface area contributed by atoms with Crippen LogP contribution in [0.2, 0.25) is 0 Å². The molecule has 27 heavy (non-hydrogen) atoms. The molecule has 1 aliphatic heterocycles. The normalized spacial score (nSPS) is 29.2. The van der Waals surface area contributed by atoms with E-state index in [4.69, 9.17) is 0 Å². The van der Waals surface area contributed by atoms with Crippen LogP contribution in [0.3, 0.4) is 0 Å². The molecular formula is C21H31N3O3. The van der Waals surface area contributed by atoms with Crippen LogP contribution in [-0.4, -0.2) is 46.2 Å². The Balaban J connectivity index is 1.88. The van der Waals surface area contributed by atoms with E-state index in [0.29, 0.717) is 13.0 Å². The molecule has 3 N–H and O–H groups in total. The largest absolute Gasteiger partial charge is 0.388 e. The Kier molecular flexibility index (Phi) is 6.05. The lowest BCUT2D eigenvalue weighted by atomic mass is 9.79. The molecule has 1 aromatic rings. The number of hydrogen-bond acceptors (Lipinski definition) is 3. The number of benzene rings is 1. The molecule has 0 spiro atoms. The van der Waals surface area contributed by atoms with Crippen molar-refractivity contribution in [2.45, 2.75) is 76.1 Å². The molecule has 0 radical (unpaired) electrons. The van der Waals surface area contributed by atoms with Gasteiger partial charge in [-0.2, -0.15) is 0 Å². The minimum atomic E-state index is -1.09. The summed E-state index contributed by atoms with van der Waals surface area (Å²) in [6.07, 6.45) is 5.98. The molecule has 0 aromatic heterocycles. The van der Waals surface area contributed by atoms with Crippen molar-refractivity contribution in [1.29, 1.82) is 0 Å². The molecule has 3 amide bonds. The van der Waals surface area contributed by atoms with Gasteiger partial charge in [0.05, 0.1) is 17.7 Å². The maximum atomic E-state index is 13.1. The van der Waals surface area contributed by atoms with E-state index in [1.165, 1.54) is 13.3 Å². The second-order valence-electron chi connectivity index (χ2n) is 8.12. The van der Waals surface area contributed by atoms with Crippen LogP contribution in [0.5, 0.6) is 0 Å². The molecule has 1 saturated heterocycles. The standard InChI is InChI=1S/C21H31N3O3/c1-15(25)22-19-18(16-9-5-3-6-10-16)24(14-13-21(19,2)27)20(26)23-17-11-7-4-8-12-17/h3,5-6,9-10,17-19,27H,4,7-8,11-14H2,1-2H3,(H,22,25)(H,23,26)/t18-,19-,21+/m0/s1. The summed E-state index contributed by atoms with van der Waals surface area (Å²) in [6.45, 7) is 3.63. The van der Waals surface area contributed by atoms with Crippen LogP contribution in [0.25, 0.3) is 0 Å². The molecule has 1 saturated carbocycles. The summed E-state index contributed by atoms with van der Waals surface area (Å²) in [7, 11) is 0. The molecule has 1 aliphatic carbocycles. The van der Waals surface area contributed by atoms with Gasteiger partial charge in [0.15, 0.2) is 0 Å². The average molecular weight is 373 g/mol. The Morgan fingerprint density at radius 1 is 1.11 bits per heavy atom. The van der Waals surface area contributed by atoms with Crippen LogP contribution in [0, 0.1) is 0 Å². The second kappa shape index (κ2) is 8.30. The quantitative estimate of drug-likeness (QED) is 0.762. The molecule has 1 heterocycles. The molecule has 2 aliphatic rings. The Labute approximate surface area is 161 Å². The number of rotatable bonds is 3. The fourth-order valence-electron chi connectivity index (χ4n) is 4.37. The second-order valence-corrected chi connectivity index (χ2v) is 8.12. The number of nitrogens with one attached hydrogen (secondary N) is 2. The van der Waals surface area contributed by atoms with Crippen LogP contribution >= 0.6 is 0 Å². The van der Waals surface area contributed by atoms with Crippen LogP contribution in [0.4, 0.5) is 4.79 Å². The van der Waals surface area contributed by atoms with Gasteiger partial charge in [-0.3, -0.25) is 4.79 Å². The number of amides is 3. The Morgan fingerprint density at radius 2 is 1.78 bits per heavy atom. The first-order valence-electron chi connectivity index (χ1n) is 10.00. The molecule has 3 atom stereocenters. The number of aliphatic hydroxyl groups is 1. The number of urea groups is 1. The van der Waals surface area contributed by atoms with Gasteiger partial charge in [-0.25, -0.2) is 4.79 Å². The highest BCUT2D eigenvalue weighted by molar-refractivity contribution is 5.77. The average Bonchev–Trinajstić information content (AvgIpc) is 2.64. The topological polar surface area (TPSA) is 81.7 Å². The Bertz CT molecular complexity index is 656. The number of nitrogens with zero attached hydrogens (tertiary/aromatic N) is 1. The third-order valence-electron chi connectivity index (χ3n) is 5.87. The van der Waals surface area contributed by atoms with E-state index in [2.05, 4.69) is 10.6 Å². The highest BCUT2D eigenvalue weighted by Gasteiger charge is 2.47. The lowest BCUT2D eigenvalue weighted by Gasteiger charge is -2.49. The SMILES string of the molecule is CC(=O)N[C@H]1[C@H](c2ccccc2)N(C(=O)NC2CCCCC2)CC[C@@]1(C)O. The van der Waals surface area contributed by atoms with Gasteiger partial charge >= 0.3 is 6.03 Å². The summed E-state index contributed by atoms with van der Waals surface area (Å²) in [5.41, 5.74) is -0.177. The van der Waals surface area contributed by atoms with Crippen molar-refractivity contribution >= 4 is 11.9 Å². The van der Waals surface area contributed by atoms with Crippen molar-refractivity contribution in [3.05, 3.63) is 35.9 Å². The lowest BCUT2D eigenvalue weighted by molar-refractivity contribution is -0.125. The van der Waals surface area contributed by atoms with E-state index < -0.39 is 17.7 Å². The Morgan fingerprint density at radius 3 is 2.41 bits per heavy atom. The first kappa shape index (κ1) is 19.7. The molecule has 3 rings (SSSR count). The van der Waals surface area contributed by atoms with Gasteiger partial charge in [-0.1, -0.05) is 49.6 Å². The van der Waals surface area contributed by atoms with Crippen LogP contribution in [-0.2, 0) is 4.79 Å². The van der Waals surface area contributed by atoms with Crippen molar-refractivity contribution in [1.82, 2.24) is 15.5 Å². The van der Waals surface area contributed by atoms with E-state index >= 15 is 0 Å². The van der Waals surface area contributed by atoms with Crippen molar-refractivity contribution in [2.24, 2.45) is 0 Å². The minimum Gasteiger partial charge on any atom is -0.388 e. The fraction of sp³-hybridized carbons (Fsp3) is 0.619. The number of carbonyl (C=O) groups excluding carboxylic acids is 2. The number of hydrogen-bond donors (Lipinski definition) is 3. The summed E-state index contributed by atoms with van der Waals surface area (Å²) in [4.78, 5) is 26.7. The first-order chi connectivity index (χ1) is 12.9. The zero-order chi connectivity index (χ0) is 19.4. The molecule has 6 heteroatoms. The number of carbonyl (C=O) groups is 2. The highest BCUT2D eigenvalue weighted by Crippen LogP contribution is 2.37. The zero-order valence-electron chi connectivity index (χ0n) is 16.3. The van der Waals surface area contributed by atoms with E-state index in [1.54, 1.807) is 11.8 Å². The molecule has 148 valence electrons. The van der Waals surface area contributed by atoms with Gasteiger partial charge in [-0.05, 0) is 31.7 Å². The minimum absolute atomic E-state index is 0.110. The van der Waals surface area contributed by atoms with Gasteiger partial charge in [0.1, 0.15) is 0 Å². The Hall–Kier alpha value is -2.08. The van der Waals surface area contributed by atoms with Gasteiger partial charge in [-0.15, -0.1) is 0 Å². The van der Waals surface area contributed by atoms with Crippen LogP contribution in [0.15, 0.2) is 30.3 Å². The van der Waals surface area contributed by atoms with Gasteiger partial charge in [0, 0.05) is 19.5 Å². The summed E-state index contributed by atoms with van der Waals surface area (Å²) in [5, 5.41) is 17.0. The van der Waals surface area contributed by atoms with E-state index in [-0.39, 0.29) is 18.0 Å². The molecule has 0 unspecified atom stereocenters. The van der Waals surface area contributed by atoms with Crippen molar-refractivity contribution in [2.75, 3.05) is 6.54 Å². The summed E-state index contributed by atoms with van der Waals surface area (Å²) in [5.74, 6) is -0.212. The van der Waals surface area contributed by atoms with Gasteiger partial charge < -0.3 is 20.6 Å². The van der Waals surface area contributed by atoms with E-state index in [0.717, 1.165) is 31.2 Å². The third-order valence-corrected chi connectivity index (χ3v) is 5.87. The summed E-state index contributed by atoms with van der Waals surface area (Å²) < 4.78 is 0. The molecule has 0 bridgehead atoms. The maximum absolute atomic E-state index is 13.1. The van der Waals surface area contributed by atoms with Gasteiger partial charge in [0.2, 0.25) is 5.91 Å². The third kappa shape index (κ3) is 4.61. The predicted octanol–water partition coefficient (Wildman–Crippen LogP) is 2.73. The van der Waals surface area contributed by atoms with E-state index in [9.17, 15) is 14.7 Å². The summed E-state index contributed by atoms with van der Waals surface area (Å²) in [6, 6.07) is 8.77. The molecular weight excluding hydrogens is 342 g/mol. The molecule has 1 aromatic carbocycles. The number of likely N-dealkylation sites (tertiary alicyclic amines) is 1. The lowest BCUT2D eigenvalue weighted by Crippen LogP contribution is -2.64. The molecule has 6 nitrogen and oxygen atoms in total. The van der Waals surface area contributed by atoms with Crippen molar-refractivity contribution in [3.63, 3.8) is 0 Å². The number of piperidine rings is 1. The van der Waals surface area contributed by atoms with Crippen LogP contribution in [0.1, 0.15) is 64.0 Å². The van der Waals surface area contributed by atoms with Crippen molar-refractivity contribution < 1.29 is 14.7 Å². The van der Waals surface area contributed by atoms with Gasteiger partial charge in [0.25, 0.3) is 0 Å². The van der Waals surface area contributed by atoms with E-state index in [1.807, 2.05) is 30.3 Å². The smallest absolute Gasteiger partial charge is 0.318 e. The molecule has 2 fully saturated rings. The van der Waals surface area contributed by atoms with Crippen molar-refractivity contribution in [3.8, 4) is 0 Å². The maximum Gasteiger partial charge on any atom is 0.318 e. The van der Waals surface area contributed by atoms with Crippen LogP contribution < -0.4 is 10.6 Å².